The number of ether oxygens (including phenoxy) is 1. The topological polar surface area (TPSA) is 51.2 Å². The predicted octanol–water partition coefficient (Wildman–Crippen LogP) is 3.19. The van der Waals surface area contributed by atoms with Gasteiger partial charge in [0.05, 0.1) is 0 Å². The lowest BCUT2D eigenvalue weighted by atomic mass is 10.1. The molecule has 0 saturated carbocycles. The number of carbonyl (C=O) groups excluding carboxylic acids is 1. The first-order valence-corrected chi connectivity index (χ1v) is 6.45. The van der Waals surface area contributed by atoms with Crippen LogP contribution in [0, 0.1) is 6.92 Å². The third kappa shape index (κ3) is 3.57. The normalized spacial score (nSPS) is 10.9. The minimum atomic E-state index is -0.979. The molecule has 104 valence electrons. The summed E-state index contributed by atoms with van der Waals surface area (Å²) < 4.78 is 5.73. The van der Waals surface area contributed by atoms with Gasteiger partial charge in [0.1, 0.15) is 11.6 Å². The van der Waals surface area contributed by atoms with E-state index in [1.54, 1.807) is 20.0 Å². The molecule has 2 aromatic rings. The van der Waals surface area contributed by atoms with E-state index in [1.165, 1.54) is 0 Å². The maximum Gasteiger partial charge on any atom is 0.269 e. The van der Waals surface area contributed by atoms with Crippen molar-refractivity contribution in [2.75, 3.05) is 5.32 Å². The highest BCUT2D eigenvalue weighted by molar-refractivity contribution is 5.96. The second-order valence-electron chi connectivity index (χ2n) is 5.10. The summed E-state index contributed by atoms with van der Waals surface area (Å²) in [5, 5.41) is 2.77. The third-order valence-electron chi connectivity index (χ3n) is 2.82. The van der Waals surface area contributed by atoms with Crippen LogP contribution >= 0.6 is 0 Å². The molecule has 1 heterocycles. The Morgan fingerprint density at radius 2 is 1.90 bits per heavy atom. The fourth-order valence-corrected chi connectivity index (χ4v) is 1.70. The smallest absolute Gasteiger partial charge is 0.269 e. The number of anilines is 1. The van der Waals surface area contributed by atoms with Crippen molar-refractivity contribution in [3.05, 3.63) is 54.2 Å². The van der Waals surface area contributed by atoms with Crippen molar-refractivity contribution in [2.45, 2.75) is 26.4 Å². The first kappa shape index (κ1) is 14.1. The summed E-state index contributed by atoms with van der Waals surface area (Å²) in [4.78, 5) is 16.4. The molecule has 0 radical (unpaired) electrons. The van der Waals surface area contributed by atoms with E-state index in [9.17, 15) is 4.79 Å². The van der Waals surface area contributed by atoms with E-state index in [0.29, 0.717) is 11.6 Å². The molecule has 0 saturated heterocycles. The number of hydrogen-bond acceptors (Lipinski definition) is 3. The quantitative estimate of drug-likeness (QED) is 0.928. The van der Waals surface area contributed by atoms with Gasteiger partial charge >= 0.3 is 0 Å². The lowest BCUT2D eigenvalue weighted by Crippen LogP contribution is -2.42. The average Bonchev–Trinajstić information content (AvgIpc) is 2.39. The van der Waals surface area contributed by atoms with Crippen LogP contribution in [0.4, 0.5) is 5.82 Å². The Hall–Kier alpha value is -2.36. The van der Waals surface area contributed by atoms with E-state index in [4.69, 9.17) is 4.74 Å². The molecule has 0 bridgehead atoms. The summed E-state index contributed by atoms with van der Waals surface area (Å²) >= 11 is 0. The standard InChI is InChI=1S/C16H18N2O2/c1-12-9-10-17-14(11-12)18-15(19)16(2,3)20-13-7-5-4-6-8-13/h4-11H,1-3H3,(H,17,18,19). The number of nitrogens with one attached hydrogen (secondary N) is 1. The van der Waals surface area contributed by atoms with Gasteiger partial charge < -0.3 is 10.1 Å². The highest BCUT2D eigenvalue weighted by Crippen LogP contribution is 2.19. The van der Waals surface area contributed by atoms with Crippen LogP contribution in [0.5, 0.6) is 5.75 Å². The number of para-hydroxylation sites is 1. The minimum Gasteiger partial charge on any atom is -0.478 e. The molecule has 0 aliphatic carbocycles. The zero-order valence-electron chi connectivity index (χ0n) is 11.9. The van der Waals surface area contributed by atoms with Gasteiger partial charge in [-0.2, -0.15) is 0 Å². The number of hydrogen-bond donors (Lipinski definition) is 1. The van der Waals surface area contributed by atoms with Crippen LogP contribution in [0.25, 0.3) is 0 Å². The molecule has 1 amide bonds. The lowest BCUT2D eigenvalue weighted by molar-refractivity contribution is -0.128. The van der Waals surface area contributed by atoms with Crippen molar-refractivity contribution < 1.29 is 9.53 Å². The van der Waals surface area contributed by atoms with Crippen molar-refractivity contribution in [1.82, 2.24) is 4.98 Å². The van der Waals surface area contributed by atoms with Crippen molar-refractivity contribution in [3.8, 4) is 5.75 Å². The van der Waals surface area contributed by atoms with E-state index in [2.05, 4.69) is 10.3 Å². The molecule has 0 aliphatic heterocycles. The summed E-state index contributed by atoms with van der Waals surface area (Å²) in [6.45, 7) is 5.40. The summed E-state index contributed by atoms with van der Waals surface area (Å²) in [5.41, 5.74) is 0.0596. The molecular weight excluding hydrogens is 252 g/mol. The molecule has 2 rings (SSSR count). The molecule has 1 aromatic heterocycles. The number of aryl methyl sites for hydroxylation is 1. The fourth-order valence-electron chi connectivity index (χ4n) is 1.70. The summed E-state index contributed by atoms with van der Waals surface area (Å²) in [7, 11) is 0. The van der Waals surface area contributed by atoms with E-state index in [1.807, 2.05) is 49.4 Å². The van der Waals surface area contributed by atoms with Crippen LogP contribution in [0.15, 0.2) is 48.7 Å². The molecular formula is C16H18N2O2. The van der Waals surface area contributed by atoms with Crippen LogP contribution in [0.2, 0.25) is 0 Å². The van der Waals surface area contributed by atoms with Gasteiger partial charge in [-0.15, -0.1) is 0 Å². The van der Waals surface area contributed by atoms with E-state index in [-0.39, 0.29) is 5.91 Å². The molecule has 0 aliphatic rings. The van der Waals surface area contributed by atoms with Crippen LogP contribution in [0.1, 0.15) is 19.4 Å². The van der Waals surface area contributed by atoms with Crippen LogP contribution in [-0.4, -0.2) is 16.5 Å². The summed E-state index contributed by atoms with van der Waals surface area (Å²) in [5.74, 6) is 0.948. The van der Waals surface area contributed by atoms with Crippen molar-refractivity contribution >= 4 is 11.7 Å². The van der Waals surface area contributed by atoms with Gasteiger partial charge in [0.2, 0.25) is 0 Å². The van der Waals surface area contributed by atoms with Gasteiger partial charge in [-0.3, -0.25) is 4.79 Å². The number of amides is 1. The molecule has 0 spiro atoms. The van der Waals surface area contributed by atoms with Crippen LogP contribution in [0.3, 0.4) is 0 Å². The van der Waals surface area contributed by atoms with Gasteiger partial charge in [-0.25, -0.2) is 4.98 Å². The van der Waals surface area contributed by atoms with Gasteiger partial charge in [0.15, 0.2) is 5.60 Å². The number of pyridine rings is 1. The first-order chi connectivity index (χ1) is 9.47. The maximum absolute atomic E-state index is 12.3. The number of aromatic nitrogens is 1. The van der Waals surface area contributed by atoms with E-state index < -0.39 is 5.60 Å². The number of benzene rings is 1. The van der Waals surface area contributed by atoms with Gasteiger partial charge in [-0.05, 0) is 50.6 Å². The third-order valence-corrected chi connectivity index (χ3v) is 2.82. The fraction of sp³-hybridized carbons (Fsp3) is 0.250. The highest BCUT2D eigenvalue weighted by atomic mass is 16.5. The Labute approximate surface area is 118 Å². The molecule has 1 aromatic carbocycles. The van der Waals surface area contributed by atoms with E-state index in [0.717, 1.165) is 5.56 Å². The number of rotatable bonds is 4. The molecule has 1 N–H and O–H groups in total. The monoisotopic (exact) mass is 270 g/mol. The van der Waals surface area contributed by atoms with Gasteiger partial charge in [0, 0.05) is 6.20 Å². The predicted molar refractivity (Wildman–Crippen MR) is 78.8 cm³/mol. The molecule has 0 fully saturated rings. The van der Waals surface area contributed by atoms with Crippen LogP contribution < -0.4 is 10.1 Å². The second-order valence-corrected chi connectivity index (χ2v) is 5.10. The Balaban J connectivity index is 2.07. The molecule has 4 heteroatoms. The molecule has 20 heavy (non-hydrogen) atoms. The Kier molecular flexibility index (Phi) is 4.03. The largest absolute Gasteiger partial charge is 0.478 e. The Morgan fingerprint density at radius 3 is 2.55 bits per heavy atom. The Bertz CT molecular complexity index is 594. The van der Waals surface area contributed by atoms with Crippen LogP contribution in [-0.2, 0) is 4.79 Å². The van der Waals surface area contributed by atoms with Crippen molar-refractivity contribution in [2.24, 2.45) is 0 Å². The zero-order chi connectivity index (χ0) is 14.6. The Morgan fingerprint density at radius 1 is 1.20 bits per heavy atom. The summed E-state index contributed by atoms with van der Waals surface area (Å²) in [6, 6.07) is 13.0. The SMILES string of the molecule is Cc1ccnc(NC(=O)C(C)(C)Oc2ccccc2)c1. The van der Waals surface area contributed by atoms with E-state index >= 15 is 0 Å². The minimum absolute atomic E-state index is 0.237. The molecule has 0 unspecified atom stereocenters. The average molecular weight is 270 g/mol. The zero-order valence-corrected chi connectivity index (χ0v) is 11.9. The van der Waals surface area contributed by atoms with Gasteiger partial charge in [-0.1, -0.05) is 18.2 Å². The molecule has 0 atom stereocenters. The molecule has 4 nitrogen and oxygen atoms in total. The number of carbonyl (C=O) groups is 1. The maximum atomic E-state index is 12.3. The summed E-state index contributed by atoms with van der Waals surface area (Å²) in [6.07, 6.45) is 1.66. The van der Waals surface area contributed by atoms with Gasteiger partial charge in [0.25, 0.3) is 5.91 Å². The first-order valence-electron chi connectivity index (χ1n) is 6.45. The highest BCUT2D eigenvalue weighted by Gasteiger charge is 2.30. The lowest BCUT2D eigenvalue weighted by Gasteiger charge is -2.25. The van der Waals surface area contributed by atoms with Crippen molar-refractivity contribution in [1.29, 1.82) is 0 Å². The number of nitrogens with zero attached hydrogens (tertiary/aromatic N) is 1. The van der Waals surface area contributed by atoms with Crippen molar-refractivity contribution in [3.63, 3.8) is 0 Å². The second kappa shape index (κ2) is 5.74.